The maximum absolute atomic E-state index is 10.8. The highest BCUT2D eigenvalue weighted by molar-refractivity contribution is 5.94. The SMILES string of the molecule is CC(C)Cn1nc(C(N)=O)cc1C(=O)O. The van der Waals surface area contributed by atoms with Gasteiger partial charge in [-0.2, -0.15) is 5.10 Å². The van der Waals surface area contributed by atoms with Crippen LogP contribution in [0.25, 0.3) is 0 Å². The first-order valence-corrected chi connectivity index (χ1v) is 4.52. The minimum Gasteiger partial charge on any atom is -0.477 e. The fraction of sp³-hybridized carbons (Fsp3) is 0.444. The average molecular weight is 211 g/mol. The third-order valence-electron chi connectivity index (χ3n) is 1.79. The Kier molecular flexibility index (Phi) is 3.08. The van der Waals surface area contributed by atoms with Crippen molar-refractivity contribution in [3.8, 4) is 0 Å². The lowest BCUT2D eigenvalue weighted by Gasteiger charge is -2.06. The summed E-state index contributed by atoms with van der Waals surface area (Å²) in [5, 5.41) is 12.7. The lowest BCUT2D eigenvalue weighted by atomic mass is 10.2. The zero-order chi connectivity index (χ0) is 11.6. The van der Waals surface area contributed by atoms with Crippen LogP contribution in [0.5, 0.6) is 0 Å². The molecule has 0 saturated heterocycles. The van der Waals surface area contributed by atoms with Gasteiger partial charge in [0.1, 0.15) is 5.69 Å². The van der Waals surface area contributed by atoms with Gasteiger partial charge in [0.05, 0.1) is 0 Å². The van der Waals surface area contributed by atoms with Crippen molar-refractivity contribution < 1.29 is 14.7 Å². The van der Waals surface area contributed by atoms with E-state index in [-0.39, 0.29) is 17.3 Å². The molecule has 0 atom stereocenters. The quantitative estimate of drug-likeness (QED) is 0.750. The zero-order valence-electron chi connectivity index (χ0n) is 8.60. The van der Waals surface area contributed by atoms with Crippen molar-refractivity contribution in [3.05, 3.63) is 17.5 Å². The molecule has 0 bridgehead atoms. The van der Waals surface area contributed by atoms with Crippen LogP contribution in [0.3, 0.4) is 0 Å². The number of carbonyl (C=O) groups is 2. The molecular formula is C9H13N3O3. The van der Waals surface area contributed by atoms with E-state index in [9.17, 15) is 9.59 Å². The maximum Gasteiger partial charge on any atom is 0.354 e. The number of nitrogens with two attached hydrogens (primary N) is 1. The van der Waals surface area contributed by atoms with E-state index in [1.807, 2.05) is 13.8 Å². The lowest BCUT2D eigenvalue weighted by Crippen LogP contribution is -2.15. The van der Waals surface area contributed by atoms with Gasteiger partial charge in [0, 0.05) is 12.6 Å². The van der Waals surface area contributed by atoms with Crippen LogP contribution in [0.1, 0.15) is 34.8 Å². The highest BCUT2D eigenvalue weighted by Gasteiger charge is 2.17. The van der Waals surface area contributed by atoms with Crippen LogP contribution in [-0.2, 0) is 6.54 Å². The number of hydrogen-bond acceptors (Lipinski definition) is 3. The van der Waals surface area contributed by atoms with Gasteiger partial charge in [0.25, 0.3) is 5.91 Å². The average Bonchev–Trinajstić information content (AvgIpc) is 2.46. The molecule has 1 aromatic rings. The summed E-state index contributed by atoms with van der Waals surface area (Å²) in [5.41, 5.74) is 4.98. The molecule has 0 aliphatic heterocycles. The smallest absolute Gasteiger partial charge is 0.354 e. The van der Waals surface area contributed by atoms with Crippen LogP contribution < -0.4 is 5.73 Å². The van der Waals surface area contributed by atoms with Crippen molar-refractivity contribution in [2.45, 2.75) is 20.4 Å². The Hall–Kier alpha value is -1.85. The standard InChI is InChI=1S/C9H13N3O3/c1-5(2)4-12-7(9(14)15)3-6(11-12)8(10)13/h3,5H,4H2,1-2H3,(H2,10,13)(H,14,15). The van der Waals surface area contributed by atoms with E-state index in [2.05, 4.69) is 5.10 Å². The summed E-state index contributed by atoms with van der Waals surface area (Å²) in [6, 6.07) is 1.19. The molecule has 0 unspecified atom stereocenters. The number of carboxylic acid groups (broad SMARTS) is 1. The van der Waals surface area contributed by atoms with E-state index >= 15 is 0 Å². The van der Waals surface area contributed by atoms with Gasteiger partial charge < -0.3 is 10.8 Å². The van der Waals surface area contributed by atoms with Crippen LogP contribution in [0.15, 0.2) is 6.07 Å². The van der Waals surface area contributed by atoms with E-state index in [1.54, 1.807) is 0 Å². The van der Waals surface area contributed by atoms with E-state index in [4.69, 9.17) is 10.8 Å². The Morgan fingerprint density at radius 2 is 2.20 bits per heavy atom. The summed E-state index contributed by atoms with van der Waals surface area (Å²) in [7, 11) is 0. The highest BCUT2D eigenvalue weighted by atomic mass is 16.4. The van der Waals surface area contributed by atoms with Gasteiger partial charge in [0.15, 0.2) is 5.69 Å². The molecule has 1 aromatic heterocycles. The molecule has 82 valence electrons. The molecule has 0 fully saturated rings. The number of amides is 1. The Balaban J connectivity index is 3.11. The fourth-order valence-electron chi connectivity index (χ4n) is 1.19. The minimum absolute atomic E-state index is 0.0162. The predicted octanol–water partition coefficient (Wildman–Crippen LogP) is 0.336. The van der Waals surface area contributed by atoms with Crippen LogP contribution in [0, 0.1) is 5.92 Å². The van der Waals surface area contributed by atoms with E-state index in [1.165, 1.54) is 10.7 Å². The largest absolute Gasteiger partial charge is 0.477 e. The Bertz CT molecular complexity index is 395. The number of primary amides is 1. The number of rotatable bonds is 4. The van der Waals surface area contributed by atoms with Crippen molar-refractivity contribution in [3.63, 3.8) is 0 Å². The van der Waals surface area contributed by atoms with Crippen LogP contribution >= 0.6 is 0 Å². The molecule has 0 aliphatic rings. The normalized spacial score (nSPS) is 10.6. The van der Waals surface area contributed by atoms with Crippen LogP contribution in [0.2, 0.25) is 0 Å². The van der Waals surface area contributed by atoms with Gasteiger partial charge in [-0.25, -0.2) is 4.79 Å². The van der Waals surface area contributed by atoms with Crippen molar-refractivity contribution >= 4 is 11.9 Å². The Morgan fingerprint density at radius 1 is 1.60 bits per heavy atom. The Morgan fingerprint density at radius 3 is 2.60 bits per heavy atom. The van der Waals surface area contributed by atoms with E-state index in [0.29, 0.717) is 6.54 Å². The lowest BCUT2D eigenvalue weighted by molar-refractivity contribution is 0.0682. The number of aromatic nitrogens is 2. The monoisotopic (exact) mass is 211 g/mol. The van der Waals surface area contributed by atoms with Crippen LogP contribution in [-0.4, -0.2) is 26.8 Å². The molecule has 0 spiro atoms. The third kappa shape index (κ3) is 2.55. The highest BCUT2D eigenvalue weighted by Crippen LogP contribution is 2.07. The first-order valence-electron chi connectivity index (χ1n) is 4.52. The van der Waals surface area contributed by atoms with Gasteiger partial charge >= 0.3 is 5.97 Å². The summed E-state index contributed by atoms with van der Waals surface area (Å²) in [4.78, 5) is 21.7. The predicted molar refractivity (Wildman–Crippen MR) is 52.5 cm³/mol. The van der Waals surface area contributed by atoms with E-state index in [0.717, 1.165) is 0 Å². The molecule has 0 aromatic carbocycles. The molecule has 3 N–H and O–H groups in total. The first-order chi connectivity index (χ1) is 6.91. The van der Waals surface area contributed by atoms with Gasteiger partial charge in [-0.15, -0.1) is 0 Å². The molecule has 1 amide bonds. The number of hydrogen-bond donors (Lipinski definition) is 2. The Labute approximate surface area is 86.7 Å². The number of carbonyl (C=O) groups excluding carboxylic acids is 1. The molecule has 6 nitrogen and oxygen atoms in total. The second kappa shape index (κ2) is 4.12. The molecular weight excluding hydrogens is 198 g/mol. The van der Waals surface area contributed by atoms with Crippen molar-refractivity contribution in [1.29, 1.82) is 0 Å². The number of nitrogens with zero attached hydrogens (tertiary/aromatic N) is 2. The van der Waals surface area contributed by atoms with E-state index < -0.39 is 11.9 Å². The first kappa shape index (κ1) is 11.2. The molecule has 15 heavy (non-hydrogen) atoms. The summed E-state index contributed by atoms with van der Waals surface area (Å²) in [5.74, 6) is -1.60. The summed E-state index contributed by atoms with van der Waals surface area (Å²) in [6.07, 6.45) is 0. The molecule has 6 heteroatoms. The van der Waals surface area contributed by atoms with Crippen molar-refractivity contribution in [2.24, 2.45) is 11.7 Å². The second-order valence-electron chi connectivity index (χ2n) is 3.66. The second-order valence-corrected chi connectivity index (χ2v) is 3.66. The summed E-state index contributed by atoms with van der Waals surface area (Å²) >= 11 is 0. The molecule has 0 saturated carbocycles. The summed E-state index contributed by atoms with van der Waals surface area (Å²) < 4.78 is 1.28. The maximum atomic E-state index is 10.8. The van der Waals surface area contributed by atoms with Gasteiger partial charge in [-0.3, -0.25) is 9.48 Å². The van der Waals surface area contributed by atoms with Gasteiger partial charge in [0.2, 0.25) is 0 Å². The van der Waals surface area contributed by atoms with Crippen molar-refractivity contribution in [1.82, 2.24) is 9.78 Å². The molecule has 0 aliphatic carbocycles. The zero-order valence-corrected chi connectivity index (χ0v) is 8.60. The fourth-order valence-corrected chi connectivity index (χ4v) is 1.19. The number of aromatic carboxylic acids is 1. The molecule has 1 heterocycles. The molecule has 0 radical (unpaired) electrons. The van der Waals surface area contributed by atoms with Gasteiger partial charge in [-0.1, -0.05) is 13.8 Å². The third-order valence-corrected chi connectivity index (χ3v) is 1.79. The van der Waals surface area contributed by atoms with Crippen molar-refractivity contribution in [2.75, 3.05) is 0 Å². The minimum atomic E-state index is -1.12. The number of carboxylic acids is 1. The summed E-state index contributed by atoms with van der Waals surface area (Å²) in [6.45, 7) is 4.30. The molecule has 1 rings (SSSR count). The van der Waals surface area contributed by atoms with Crippen LogP contribution in [0.4, 0.5) is 0 Å². The topological polar surface area (TPSA) is 98.2 Å². The van der Waals surface area contributed by atoms with Gasteiger partial charge in [-0.05, 0) is 5.92 Å².